The first-order valence-electron chi connectivity index (χ1n) is 7.33. The van der Waals surface area contributed by atoms with Crippen molar-refractivity contribution in [2.75, 3.05) is 6.61 Å². The fourth-order valence-corrected chi connectivity index (χ4v) is 2.52. The van der Waals surface area contributed by atoms with Crippen molar-refractivity contribution in [3.05, 3.63) is 0 Å². The van der Waals surface area contributed by atoms with Crippen LogP contribution in [0, 0.1) is 0 Å². The van der Waals surface area contributed by atoms with Gasteiger partial charge in [0.2, 0.25) is 12.2 Å². The topological polar surface area (TPSA) is 126 Å². The second-order valence-electron chi connectivity index (χ2n) is 5.31. The maximum atomic E-state index is 11.5. The van der Waals surface area contributed by atoms with E-state index < -0.39 is 54.5 Å². The molecule has 1 rings (SSSR count). The summed E-state index contributed by atoms with van der Waals surface area (Å²) in [5.41, 5.74) is 0. The Kier molecular flexibility index (Phi) is 8.07. The minimum Gasteiger partial charge on any atom is -0.463 e. The molecule has 1 amide bonds. The molecule has 0 unspecified atom stereocenters. The summed E-state index contributed by atoms with van der Waals surface area (Å²) in [6.45, 7) is 4.38. The van der Waals surface area contributed by atoms with Gasteiger partial charge in [-0.05, 0) is 0 Å². The molecule has 0 aliphatic carbocycles. The lowest BCUT2D eigenvalue weighted by Gasteiger charge is -2.43. The van der Waals surface area contributed by atoms with Crippen molar-refractivity contribution in [2.45, 2.75) is 58.3 Å². The molecule has 25 heavy (non-hydrogen) atoms. The van der Waals surface area contributed by atoms with Gasteiger partial charge in [-0.25, -0.2) is 4.29 Å². The molecule has 1 N–H and O–H groups in total. The smallest absolute Gasteiger partial charge is 0.303 e. The van der Waals surface area contributed by atoms with Crippen molar-refractivity contribution in [1.82, 2.24) is 5.32 Å². The van der Waals surface area contributed by atoms with Gasteiger partial charge >= 0.3 is 17.9 Å². The summed E-state index contributed by atoms with van der Waals surface area (Å²) in [4.78, 5) is 45.4. The maximum Gasteiger partial charge on any atom is 0.303 e. The van der Waals surface area contributed by atoms with Gasteiger partial charge in [0, 0.05) is 27.7 Å². The van der Waals surface area contributed by atoms with E-state index in [1.807, 2.05) is 0 Å². The highest BCUT2D eigenvalue weighted by Gasteiger charge is 2.51. The van der Waals surface area contributed by atoms with Gasteiger partial charge in [0.05, 0.1) is 11.9 Å². The van der Waals surface area contributed by atoms with Crippen LogP contribution in [0.25, 0.3) is 0 Å². The lowest BCUT2D eigenvalue weighted by Crippen LogP contribution is -2.66. The fourth-order valence-electron chi connectivity index (χ4n) is 2.37. The molecule has 0 aromatic carbocycles. The van der Waals surface area contributed by atoms with Gasteiger partial charge in [0.25, 0.3) is 0 Å². The number of carbonyl (C=O) groups excluding carboxylic acids is 4. The van der Waals surface area contributed by atoms with Crippen molar-refractivity contribution in [3.8, 4) is 0 Å². The predicted octanol–water partition coefficient (Wildman–Crippen LogP) is -0.187. The summed E-state index contributed by atoms with van der Waals surface area (Å²) < 4.78 is 25.4. The van der Waals surface area contributed by atoms with E-state index in [2.05, 4.69) is 9.61 Å². The second-order valence-corrected chi connectivity index (χ2v) is 5.49. The van der Waals surface area contributed by atoms with Crippen LogP contribution in [-0.2, 0) is 42.4 Å². The maximum absolute atomic E-state index is 11.5. The molecule has 0 bridgehead atoms. The van der Waals surface area contributed by atoms with Gasteiger partial charge in [0.15, 0.2) is 12.2 Å². The Labute approximate surface area is 149 Å². The minimum atomic E-state index is -1.25. The molecule has 0 radical (unpaired) electrons. The average molecular weight is 382 g/mol. The predicted molar refractivity (Wildman–Crippen MR) is 80.9 cm³/mol. The van der Waals surface area contributed by atoms with Crippen molar-refractivity contribution < 1.29 is 42.4 Å². The first-order valence-corrected chi connectivity index (χ1v) is 7.64. The van der Waals surface area contributed by atoms with E-state index >= 15 is 0 Å². The molecule has 142 valence electrons. The van der Waals surface area contributed by atoms with Gasteiger partial charge in [-0.1, -0.05) is 0 Å². The molecule has 0 aromatic heterocycles. The van der Waals surface area contributed by atoms with E-state index in [-0.39, 0.29) is 6.61 Å². The number of amides is 1. The summed E-state index contributed by atoms with van der Waals surface area (Å²) in [6.07, 6.45) is -4.63. The van der Waals surface area contributed by atoms with Gasteiger partial charge in [-0.2, -0.15) is 0 Å². The Hall–Kier alpha value is -1.91. The first kappa shape index (κ1) is 21.1. The van der Waals surface area contributed by atoms with Crippen LogP contribution in [0.4, 0.5) is 0 Å². The second kappa shape index (κ2) is 9.54. The summed E-state index contributed by atoms with van der Waals surface area (Å²) in [5, 5.41) is 2.48. The fraction of sp³-hybridized carbons (Fsp3) is 0.714. The first-order chi connectivity index (χ1) is 11.6. The van der Waals surface area contributed by atoms with E-state index in [9.17, 15) is 19.2 Å². The number of nitrogens with one attached hydrogen (secondary N) is 1. The number of halogens is 1. The zero-order valence-electron chi connectivity index (χ0n) is 14.1. The molecule has 1 fully saturated rings. The molecular weight excluding hydrogens is 362 g/mol. The molecule has 1 aliphatic rings. The van der Waals surface area contributed by atoms with E-state index in [1.54, 1.807) is 0 Å². The number of carbonyl (C=O) groups is 4. The quantitative estimate of drug-likeness (QED) is 0.492. The zero-order valence-corrected chi connectivity index (χ0v) is 14.9. The van der Waals surface area contributed by atoms with Crippen LogP contribution in [0.3, 0.4) is 0 Å². The Morgan fingerprint density at radius 2 is 1.52 bits per heavy atom. The number of esters is 3. The van der Waals surface area contributed by atoms with Crippen LogP contribution in [0.5, 0.6) is 0 Å². The van der Waals surface area contributed by atoms with Crippen LogP contribution in [0.2, 0.25) is 0 Å². The van der Waals surface area contributed by atoms with E-state index in [1.165, 1.54) is 13.8 Å². The van der Waals surface area contributed by atoms with Gasteiger partial charge in [0.1, 0.15) is 18.8 Å². The summed E-state index contributed by atoms with van der Waals surface area (Å²) >= 11 is 5.41. The van der Waals surface area contributed by atoms with Gasteiger partial charge in [-0.15, -0.1) is 0 Å². The molecule has 1 saturated heterocycles. The molecule has 10 nitrogen and oxygen atoms in total. The third-order valence-corrected chi connectivity index (χ3v) is 3.33. The zero-order chi connectivity index (χ0) is 19.1. The lowest BCUT2D eigenvalue weighted by molar-refractivity contribution is -0.256. The molecule has 0 aromatic rings. The normalized spacial score (nSPS) is 28.6. The minimum absolute atomic E-state index is 0.311. The molecule has 1 aliphatic heterocycles. The Morgan fingerprint density at radius 1 is 0.960 bits per heavy atom. The molecule has 5 atom stereocenters. The Morgan fingerprint density at radius 3 is 1.96 bits per heavy atom. The Bertz CT molecular complexity index is 526. The van der Waals surface area contributed by atoms with Crippen molar-refractivity contribution in [2.24, 2.45) is 0 Å². The third kappa shape index (κ3) is 6.48. The van der Waals surface area contributed by atoms with E-state index in [0.717, 1.165) is 13.8 Å². The molecule has 11 heteroatoms. The van der Waals surface area contributed by atoms with Crippen LogP contribution in [-0.4, -0.2) is 61.1 Å². The van der Waals surface area contributed by atoms with Crippen LogP contribution in [0.1, 0.15) is 27.7 Å². The van der Waals surface area contributed by atoms with Gasteiger partial charge < -0.3 is 24.3 Å². The van der Waals surface area contributed by atoms with Crippen LogP contribution >= 0.6 is 11.9 Å². The molecule has 0 spiro atoms. The monoisotopic (exact) mass is 381 g/mol. The molecule has 0 saturated carbocycles. The van der Waals surface area contributed by atoms with Gasteiger partial charge in [-0.3, -0.25) is 19.2 Å². The van der Waals surface area contributed by atoms with Crippen molar-refractivity contribution >= 4 is 35.7 Å². The van der Waals surface area contributed by atoms with Crippen LogP contribution in [0.15, 0.2) is 0 Å². The highest BCUT2D eigenvalue weighted by Crippen LogP contribution is 2.28. The number of hydrogen-bond donors (Lipinski definition) is 1. The summed E-state index contributed by atoms with van der Waals surface area (Å²) in [7, 11) is 0. The van der Waals surface area contributed by atoms with Crippen molar-refractivity contribution in [1.29, 1.82) is 0 Å². The SMILES string of the molecule is CC(=O)N[C@@H]1[C@@H](OCl)O[C@H](COC(C)=O)[C@@H](OC(C)=O)[C@@H]1OC(C)=O. The van der Waals surface area contributed by atoms with Crippen LogP contribution < -0.4 is 5.32 Å². The molecule has 1 heterocycles. The van der Waals surface area contributed by atoms with E-state index in [0.29, 0.717) is 0 Å². The number of rotatable bonds is 6. The standard InChI is InChI=1S/C14H20ClNO9/c1-6(17)16-11-13(23-9(4)20)12(22-8(3)19)10(5-21-7(2)18)24-14(11)25-15/h10-14H,5H2,1-4H3,(H,16,17)/t10-,11+,12-,13-,14-/m1/s1. The number of hydrogen-bond acceptors (Lipinski definition) is 9. The lowest BCUT2D eigenvalue weighted by atomic mass is 9.96. The largest absolute Gasteiger partial charge is 0.463 e. The highest BCUT2D eigenvalue weighted by molar-refractivity contribution is 6.07. The summed E-state index contributed by atoms with van der Waals surface area (Å²) in [6, 6.07) is -1.06. The average Bonchev–Trinajstić information content (AvgIpc) is 2.48. The number of ether oxygens (including phenoxy) is 4. The highest BCUT2D eigenvalue weighted by atomic mass is 35.5. The van der Waals surface area contributed by atoms with E-state index in [4.69, 9.17) is 30.8 Å². The summed E-state index contributed by atoms with van der Waals surface area (Å²) in [5.74, 6) is -2.46. The molecular formula is C14H20ClNO9. The Balaban J connectivity index is 3.18. The van der Waals surface area contributed by atoms with Crippen molar-refractivity contribution in [3.63, 3.8) is 0 Å². The third-order valence-electron chi connectivity index (χ3n) is 3.16.